The minimum absolute atomic E-state index is 0.114. The van der Waals surface area contributed by atoms with Gasteiger partial charge in [0.2, 0.25) is 14.3 Å². The molecule has 0 saturated heterocycles. The van der Waals surface area contributed by atoms with Crippen LogP contribution < -0.4 is 5.73 Å². The molecule has 1 heterocycles. The van der Waals surface area contributed by atoms with Crippen molar-refractivity contribution < 1.29 is 8.96 Å². The van der Waals surface area contributed by atoms with Crippen molar-refractivity contribution in [3.8, 4) is 0 Å². The zero-order valence-corrected chi connectivity index (χ0v) is 10.4. The molecule has 0 aliphatic rings. The van der Waals surface area contributed by atoms with Crippen LogP contribution in [-0.2, 0) is 6.54 Å². The average Bonchev–Trinajstić information content (AvgIpc) is 2.28. The highest BCUT2D eigenvalue weighted by Gasteiger charge is 2.06. The standard InChI is InChI=1S/C7H8F2N4S3/c8-12-5(14)11(4-2-1-3-10)6(15)13(9)7(12)16/h1-2H,3-4,10H2. The first-order chi connectivity index (χ1) is 7.50. The van der Waals surface area contributed by atoms with Gasteiger partial charge in [-0.25, -0.2) is 0 Å². The summed E-state index contributed by atoms with van der Waals surface area (Å²) >= 11 is 14.0. The lowest BCUT2D eigenvalue weighted by Crippen LogP contribution is -2.13. The number of rotatable bonds is 3. The summed E-state index contributed by atoms with van der Waals surface area (Å²) in [5, 5.41) is 0. The van der Waals surface area contributed by atoms with E-state index in [1.807, 2.05) is 0 Å². The Labute approximate surface area is 105 Å². The van der Waals surface area contributed by atoms with Gasteiger partial charge in [0.15, 0.2) is 0 Å². The van der Waals surface area contributed by atoms with Crippen molar-refractivity contribution in [2.75, 3.05) is 6.54 Å². The normalized spacial score (nSPS) is 11.2. The predicted molar refractivity (Wildman–Crippen MR) is 64.1 cm³/mol. The molecule has 0 spiro atoms. The smallest absolute Gasteiger partial charge is 0.244 e. The summed E-state index contributed by atoms with van der Waals surface area (Å²) < 4.78 is 26.3. The van der Waals surface area contributed by atoms with Crippen molar-refractivity contribution in [3.05, 3.63) is 26.5 Å². The van der Waals surface area contributed by atoms with E-state index in [-0.39, 0.29) is 25.7 Å². The fraction of sp³-hybridized carbons (Fsp3) is 0.286. The number of nitrogens with two attached hydrogens (primary N) is 1. The van der Waals surface area contributed by atoms with Crippen LogP contribution in [0.2, 0.25) is 0 Å². The molecule has 0 aliphatic carbocycles. The molecular weight excluding hydrogens is 274 g/mol. The Morgan fingerprint density at radius 2 is 1.50 bits per heavy atom. The number of hydrogen-bond acceptors (Lipinski definition) is 4. The molecule has 0 fully saturated rings. The van der Waals surface area contributed by atoms with Crippen molar-refractivity contribution >= 4 is 36.7 Å². The van der Waals surface area contributed by atoms with E-state index in [4.69, 9.17) is 30.2 Å². The first-order valence-electron chi connectivity index (χ1n) is 4.17. The molecule has 9 heteroatoms. The molecule has 2 N–H and O–H groups in total. The molecule has 0 unspecified atom stereocenters. The van der Waals surface area contributed by atoms with Gasteiger partial charge in [0.05, 0.1) is 0 Å². The van der Waals surface area contributed by atoms with E-state index >= 15 is 0 Å². The van der Waals surface area contributed by atoms with Crippen LogP contribution in [-0.4, -0.2) is 20.7 Å². The maximum Gasteiger partial charge on any atom is 0.244 e. The number of aromatic nitrogens is 3. The minimum atomic E-state index is -0.714. The van der Waals surface area contributed by atoms with Crippen molar-refractivity contribution in [3.63, 3.8) is 0 Å². The van der Waals surface area contributed by atoms with Gasteiger partial charge in [-0.05, 0) is 36.7 Å². The summed E-state index contributed by atoms with van der Waals surface area (Å²) in [7, 11) is 0. The number of nitrogens with zero attached hydrogens (tertiary/aromatic N) is 3. The summed E-state index contributed by atoms with van der Waals surface area (Å²) in [6.07, 6.45) is 3.23. The van der Waals surface area contributed by atoms with E-state index in [1.165, 1.54) is 0 Å². The molecule has 1 aromatic heterocycles. The molecule has 0 radical (unpaired) electrons. The topological polar surface area (TPSA) is 40.8 Å². The summed E-state index contributed by atoms with van der Waals surface area (Å²) in [6, 6.07) is 0. The third-order valence-electron chi connectivity index (χ3n) is 1.72. The van der Waals surface area contributed by atoms with Crippen LogP contribution in [0, 0.1) is 14.3 Å². The van der Waals surface area contributed by atoms with Crippen molar-refractivity contribution in [1.82, 2.24) is 14.1 Å². The van der Waals surface area contributed by atoms with Gasteiger partial charge in [-0.1, -0.05) is 21.1 Å². The first kappa shape index (κ1) is 13.3. The summed E-state index contributed by atoms with van der Waals surface area (Å²) in [5.74, 6) is 0. The number of allylic oxidation sites excluding steroid dienone is 1. The molecule has 1 rings (SSSR count). The van der Waals surface area contributed by atoms with Gasteiger partial charge in [0.25, 0.3) is 0 Å². The highest BCUT2D eigenvalue weighted by atomic mass is 32.1. The van der Waals surface area contributed by atoms with Crippen LogP contribution in [0.3, 0.4) is 0 Å². The van der Waals surface area contributed by atoms with E-state index in [0.717, 1.165) is 4.57 Å². The van der Waals surface area contributed by atoms with Crippen LogP contribution >= 0.6 is 36.7 Å². The summed E-state index contributed by atoms with van der Waals surface area (Å²) in [4.78, 5) is -0.229. The third kappa shape index (κ3) is 2.48. The lowest BCUT2D eigenvalue weighted by molar-refractivity contribution is 0.250. The molecule has 0 saturated carbocycles. The van der Waals surface area contributed by atoms with Crippen LogP contribution in [0.1, 0.15) is 0 Å². The van der Waals surface area contributed by atoms with Gasteiger partial charge in [-0.15, -0.1) is 9.58 Å². The molecule has 1 aromatic rings. The number of hydrogen-bond donors (Lipinski definition) is 1. The zero-order chi connectivity index (χ0) is 12.3. The van der Waals surface area contributed by atoms with Crippen LogP contribution in [0.15, 0.2) is 12.2 Å². The fourth-order valence-corrected chi connectivity index (χ4v) is 1.81. The van der Waals surface area contributed by atoms with E-state index in [9.17, 15) is 8.96 Å². The fourth-order valence-electron chi connectivity index (χ4n) is 0.967. The molecule has 88 valence electrons. The van der Waals surface area contributed by atoms with Gasteiger partial charge in [0, 0.05) is 13.1 Å². The van der Waals surface area contributed by atoms with E-state index in [1.54, 1.807) is 12.2 Å². The van der Waals surface area contributed by atoms with Crippen LogP contribution in [0.4, 0.5) is 8.96 Å². The molecule has 0 aromatic carbocycles. The Morgan fingerprint density at radius 3 is 1.94 bits per heavy atom. The van der Waals surface area contributed by atoms with Crippen LogP contribution in [0.5, 0.6) is 0 Å². The van der Waals surface area contributed by atoms with Gasteiger partial charge in [-0.2, -0.15) is 0 Å². The molecule has 0 bridgehead atoms. The molecule has 0 atom stereocenters. The second-order valence-electron chi connectivity index (χ2n) is 2.73. The second kappa shape index (κ2) is 5.53. The Morgan fingerprint density at radius 1 is 1.00 bits per heavy atom. The summed E-state index contributed by atoms with van der Waals surface area (Å²) in [6.45, 7) is 0.461. The monoisotopic (exact) mass is 282 g/mol. The SMILES string of the molecule is NCC=CCn1c(=S)n(F)c(=S)n(F)c1=S. The lowest BCUT2D eigenvalue weighted by Gasteiger charge is -2.07. The van der Waals surface area contributed by atoms with E-state index in [2.05, 4.69) is 12.2 Å². The first-order valence-corrected chi connectivity index (χ1v) is 5.39. The van der Waals surface area contributed by atoms with Crippen molar-refractivity contribution in [2.24, 2.45) is 5.73 Å². The van der Waals surface area contributed by atoms with Crippen molar-refractivity contribution in [2.45, 2.75) is 6.54 Å². The maximum absolute atomic E-state index is 13.3. The van der Waals surface area contributed by atoms with Gasteiger partial charge < -0.3 is 5.73 Å². The Kier molecular flexibility index (Phi) is 4.59. The zero-order valence-electron chi connectivity index (χ0n) is 7.97. The third-order valence-corrected chi connectivity index (χ3v) is 2.81. The molecule has 4 nitrogen and oxygen atoms in total. The predicted octanol–water partition coefficient (Wildman–Crippen LogP) is 2.26. The van der Waals surface area contributed by atoms with Gasteiger partial charge in [-0.3, -0.25) is 4.57 Å². The van der Waals surface area contributed by atoms with Gasteiger partial charge in [0.1, 0.15) is 0 Å². The van der Waals surface area contributed by atoms with Crippen molar-refractivity contribution in [1.29, 1.82) is 0 Å². The molecular formula is C7H8F2N4S3. The highest BCUT2D eigenvalue weighted by Crippen LogP contribution is 2.03. The largest absolute Gasteiger partial charge is 0.327 e. The quantitative estimate of drug-likeness (QED) is 0.682. The molecule has 16 heavy (non-hydrogen) atoms. The average molecular weight is 282 g/mol. The Bertz CT molecular complexity index is 543. The number of halogens is 2. The summed E-state index contributed by atoms with van der Waals surface area (Å²) in [5.41, 5.74) is 5.23. The molecule has 0 aliphatic heterocycles. The second-order valence-corrected chi connectivity index (χ2v) is 3.82. The van der Waals surface area contributed by atoms with Gasteiger partial charge >= 0.3 is 0 Å². The van der Waals surface area contributed by atoms with E-state index < -0.39 is 4.77 Å². The molecule has 0 amide bonds. The maximum atomic E-state index is 13.3. The Hall–Kier alpha value is -0.770. The van der Waals surface area contributed by atoms with E-state index in [0.29, 0.717) is 6.54 Å². The lowest BCUT2D eigenvalue weighted by atomic mass is 10.5. The Balaban J connectivity index is 3.41. The highest BCUT2D eigenvalue weighted by molar-refractivity contribution is 7.72. The minimum Gasteiger partial charge on any atom is -0.327 e. The van der Waals surface area contributed by atoms with Crippen LogP contribution in [0.25, 0.3) is 0 Å².